The number of ether oxygens (including phenoxy) is 1. The minimum absolute atomic E-state index is 0.0638. The highest BCUT2D eigenvalue weighted by Crippen LogP contribution is 2.24. The van der Waals surface area contributed by atoms with Crippen molar-refractivity contribution in [3.05, 3.63) is 35.1 Å². The summed E-state index contributed by atoms with van der Waals surface area (Å²) in [6, 6.07) is 0. The van der Waals surface area contributed by atoms with Gasteiger partial charge in [-0.2, -0.15) is 5.10 Å². The second-order valence-corrected chi connectivity index (χ2v) is 8.09. The molecule has 1 N–H and O–H groups in total. The largest absolute Gasteiger partial charge is 0.368 e. The molecular weight excluding hydrogens is 324 g/mol. The highest BCUT2D eigenvalue weighted by atomic mass is 32.1. The Labute approximate surface area is 144 Å². The molecule has 0 bridgehead atoms. The van der Waals surface area contributed by atoms with Crippen LogP contribution in [0.1, 0.15) is 44.2 Å². The van der Waals surface area contributed by atoms with Crippen LogP contribution in [0.15, 0.2) is 17.8 Å². The van der Waals surface area contributed by atoms with Gasteiger partial charge in [0.15, 0.2) is 16.6 Å². The van der Waals surface area contributed by atoms with Gasteiger partial charge in [-0.05, 0) is 0 Å². The molecule has 7 nitrogen and oxygen atoms in total. The van der Waals surface area contributed by atoms with Crippen LogP contribution in [0.4, 0.5) is 0 Å². The lowest BCUT2D eigenvalue weighted by molar-refractivity contribution is -0.0374. The number of hydrogen-bond donors (Lipinski definition) is 1. The molecule has 4 rings (SSSR count). The van der Waals surface area contributed by atoms with Crippen LogP contribution < -0.4 is 0 Å². The van der Waals surface area contributed by atoms with E-state index in [4.69, 9.17) is 4.74 Å². The molecule has 1 fully saturated rings. The van der Waals surface area contributed by atoms with Gasteiger partial charge >= 0.3 is 0 Å². The van der Waals surface area contributed by atoms with E-state index in [2.05, 4.69) is 56.4 Å². The summed E-state index contributed by atoms with van der Waals surface area (Å²) in [6.45, 7) is 9.55. The molecule has 0 amide bonds. The molecule has 1 unspecified atom stereocenters. The Kier molecular flexibility index (Phi) is 3.90. The molecule has 1 saturated heterocycles. The summed E-state index contributed by atoms with van der Waals surface area (Å²) < 4.78 is 7.98. The van der Waals surface area contributed by atoms with E-state index in [-0.39, 0.29) is 11.5 Å². The van der Waals surface area contributed by atoms with E-state index >= 15 is 0 Å². The van der Waals surface area contributed by atoms with E-state index in [1.165, 1.54) is 0 Å². The predicted molar refractivity (Wildman–Crippen MR) is 92.1 cm³/mol. The number of H-pyrrole nitrogens is 1. The fourth-order valence-electron chi connectivity index (χ4n) is 2.85. The second kappa shape index (κ2) is 5.94. The van der Waals surface area contributed by atoms with Crippen LogP contribution in [0.5, 0.6) is 0 Å². The molecule has 3 aromatic heterocycles. The Morgan fingerprint density at radius 2 is 2.25 bits per heavy atom. The van der Waals surface area contributed by atoms with Gasteiger partial charge in [-0.3, -0.25) is 14.4 Å². The molecule has 1 aliphatic rings. The highest BCUT2D eigenvalue weighted by Gasteiger charge is 2.27. The maximum Gasteiger partial charge on any atom is 0.193 e. The van der Waals surface area contributed by atoms with Crippen molar-refractivity contribution in [2.75, 3.05) is 19.7 Å². The number of aromatic amines is 1. The average Bonchev–Trinajstić information content (AvgIpc) is 3.22. The minimum Gasteiger partial charge on any atom is -0.368 e. The van der Waals surface area contributed by atoms with Gasteiger partial charge in [0, 0.05) is 42.8 Å². The number of nitrogens with one attached hydrogen (secondary N) is 1. The zero-order chi connectivity index (χ0) is 16.7. The Hall–Kier alpha value is -1.77. The number of aromatic nitrogens is 5. The maximum atomic E-state index is 5.90. The standard InChI is InChI=1S/C16H22N6OS/c1-16(2,3)14-18-13(19-20-14)12-10-21(4-6-23-12)8-11-9-22-5-7-24-15(22)17-11/h5,7,9,12H,4,6,8,10H2,1-3H3,(H,18,19,20). The van der Waals surface area contributed by atoms with Crippen molar-refractivity contribution in [2.24, 2.45) is 0 Å². The summed E-state index contributed by atoms with van der Waals surface area (Å²) in [5.74, 6) is 1.64. The third kappa shape index (κ3) is 3.09. The van der Waals surface area contributed by atoms with Crippen molar-refractivity contribution in [2.45, 2.75) is 38.8 Å². The first kappa shape index (κ1) is 15.7. The first-order valence-corrected chi connectivity index (χ1v) is 9.05. The Morgan fingerprint density at radius 3 is 3.00 bits per heavy atom. The fourth-order valence-corrected chi connectivity index (χ4v) is 3.57. The van der Waals surface area contributed by atoms with Crippen LogP contribution in [0, 0.1) is 0 Å². The van der Waals surface area contributed by atoms with Crippen LogP contribution in [-0.2, 0) is 16.7 Å². The molecule has 1 aliphatic heterocycles. The molecule has 0 saturated carbocycles. The van der Waals surface area contributed by atoms with Crippen molar-refractivity contribution in [3.8, 4) is 0 Å². The van der Waals surface area contributed by atoms with E-state index in [9.17, 15) is 0 Å². The van der Waals surface area contributed by atoms with Crippen molar-refractivity contribution >= 4 is 16.3 Å². The van der Waals surface area contributed by atoms with E-state index < -0.39 is 0 Å². The summed E-state index contributed by atoms with van der Waals surface area (Å²) in [7, 11) is 0. The van der Waals surface area contributed by atoms with Crippen molar-refractivity contribution in [3.63, 3.8) is 0 Å². The highest BCUT2D eigenvalue weighted by molar-refractivity contribution is 7.15. The Morgan fingerprint density at radius 1 is 1.38 bits per heavy atom. The normalized spacial score (nSPS) is 20.0. The van der Waals surface area contributed by atoms with E-state index in [1.807, 2.05) is 11.6 Å². The van der Waals surface area contributed by atoms with Gasteiger partial charge < -0.3 is 4.74 Å². The predicted octanol–water partition coefficient (Wildman–Crippen LogP) is 2.38. The van der Waals surface area contributed by atoms with E-state index in [0.717, 1.165) is 41.9 Å². The van der Waals surface area contributed by atoms with Crippen LogP contribution in [0.3, 0.4) is 0 Å². The summed E-state index contributed by atoms with van der Waals surface area (Å²) in [6.07, 6.45) is 4.08. The molecule has 0 aliphatic carbocycles. The van der Waals surface area contributed by atoms with E-state index in [0.29, 0.717) is 6.61 Å². The van der Waals surface area contributed by atoms with Gasteiger partial charge in [-0.25, -0.2) is 9.97 Å². The lowest BCUT2D eigenvalue weighted by Crippen LogP contribution is -2.38. The fraction of sp³-hybridized carbons (Fsp3) is 0.562. The SMILES string of the molecule is CC(C)(C)c1n[nH]c(C2CN(Cc3cn4ccsc4n3)CCO2)n1. The first-order valence-electron chi connectivity index (χ1n) is 8.17. The lowest BCUT2D eigenvalue weighted by atomic mass is 9.96. The molecule has 1 atom stereocenters. The maximum absolute atomic E-state index is 5.90. The lowest BCUT2D eigenvalue weighted by Gasteiger charge is -2.31. The Bertz CT molecular complexity index is 800. The zero-order valence-electron chi connectivity index (χ0n) is 14.2. The third-order valence-electron chi connectivity index (χ3n) is 4.16. The number of rotatable bonds is 3. The minimum atomic E-state index is -0.0642. The van der Waals surface area contributed by atoms with Crippen LogP contribution in [0.25, 0.3) is 4.96 Å². The zero-order valence-corrected chi connectivity index (χ0v) is 15.0. The smallest absolute Gasteiger partial charge is 0.193 e. The quantitative estimate of drug-likeness (QED) is 0.788. The number of thiazole rings is 1. The summed E-state index contributed by atoms with van der Waals surface area (Å²) in [5, 5.41) is 9.45. The molecule has 0 spiro atoms. The van der Waals surface area contributed by atoms with E-state index in [1.54, 1.807) is 11.3 Å². The Balaban J connectivity index is 1.45. The van der Waals surface area contributed by atoms with Gasteiger partial charge in [0.25, 0.3) is 0 Å². The van der Waals surface area contributed by atoms with Gasteiger partial charge in [0.05, 0.1) is 12.3 Å². The van der Waals surface area contributed by atoms with Crippen LogP contribution in [0.2, 0.25) is 0 Å². The molecular formula is C16H22N6OS. The monoisotopic (exact) mass is 346 g/mol. The number of imidazole rings is 1. The molecule has 4 heterocycles. The summed E-state index contributed by atoms with van der Waals surface area (Å²) >= 11 is 1.66. The number of fused-ring (bicyclic) bond motifs is 1. The molecule has 128 valence electrons. The number of morpholine rings is 1. The van der Waals surface area contributed by atoms with Gasteiger partial charge in [0.1, 0.15) is 6.10 Å². The first-order chi connectivity index (χ1) is 11.5. The summed E-state index contributed by atoms with van der Waals surface area (Å²) in [4.78, 5) is 12.7. The van der Waals surface area contributed by atoms with Gasteiger partial charge in [0.2, 0.25) is 0 Å². The third-order valence-corrected chi connectivity index (χ3v) is 4.93. The van der Waals surface area contributed by atoms with Crippen molar-refractivity contribution in [1.82, 2.24) is 29.5 Å². The molecule has 3 aromatic rings. The molecule has 24 heavy (non-hydrogen) atoms. The number of nitrogens with zero attached hydrogens (tertiary/aromatic N) is 5. The van der Waals surface area contributed by atoms with Gasteiger partial charge in [-0.1, -0.05) is 20.8 Å². The average molecular weight is 346 g/mol. The van der Waals surface area contributed by atoms with Crippen molar-refractivity contribution < 1.29 is 4.74 Å². The van der Waals surface area contributed by atoms with Crippen LogP contribution in [-0.4, -0.2) is 49.2 Å². The van der Waals surface area contributed by atoms with Gasteiger partial charge in [-0.15, -0.1) is 11.3 Å². The number of hydrogen-bond acceptors (Lipinski definition) is 6. The topological polar surface area (TPSA) is 71.3 Å². The molecule has 8 heteroatoms. The van der Waals surface area contributed by atoms with Crippen LogP contribution >= 0.6 is 11.3 Å². The molecule has 0 radical (unpaired) electrons. The van der Waals surface area contributed by atoms with Crippen molar-refractivity contribution in [1.29, 1.82) is 0 Å². The molecule has 0 aromatic carbocycles. The summed E-state index contributed by atoms with van der Waals surface area (Å²) in [5.41, 5.74) is 1.03. The second-order valence-electron chi connectivity index (χ2n) is 7.21.